The Morgan fingerprint density at radius 3 is 2.52 bits per heavy atom. The molecule has 0 aromatic heterocycles. The molecule has 1 saturated carbocycles. The molecule has 1 aliphatic rings. The van der Waals surface area contributed by atoms with E-state index < -0.39 is 0 Å². The fraction of sp³-hybridized carbons (Fsp3) is 1.00. The Labute approximate surface area is 133 Å². The van der Waals surface area contributed by atoms with Crippen molar-refractivity contribution in [2.45, 2.75) is 78.7 Å². The van der Waals surface area contributed by atoms with E-state index in [0.29, 0.717) is 0 Å². The van der Waals surface area contributed by atoms with Crippen LogP contribution >= 0.6 is 0 Å². The summed E-state index contributed by atoms with van der Waals surface area (Å²) in [7, 11) is 1.83. The summed E-state index contributed by atoms with van der Waals surface area (Å²) in [6.45, 7) is 13.7. The Morgan fingerprint density at radius 1 is 1.24 bits per heavy atom. The third-order valence-electron chi connectivity index (χ3n) is 5.26. The van der Waals surface area contributed by atoms with Gasteiger partial charge in [-0.2, -0.15) is 0 Å². The Kier molecular flexibility index (Phi) is 8.26. The molecule has 2 heteroatoms. The molecule has 0 radical (unpaired) electrons. The van der Waals surface area contributed by atoms with Crippen LogP contribution in [0.5, 0.6) is 0 Å². The number of hydrogen-bond donors (Lipinski definition) is 1. The van der Waals surface area contributed by atoms with Crippen molar-refractivity contribution in [2.75, 3.05) is 20.3 Å². The van der Waals surface area contributed by atoms with Gasteiger partial charge in [-0.1, -0.05) is 33.1 Å². The summed E-state index contributed by atoms with van der Waals surface area (Å²) in [5, 5.41) is 3.75. The Balaban J connectivity index is 2.60. The van der Waals surface area contributed by atoms with Gasteiger partial charge in [-0.25, -0.2) is 0 Å². The highest BCUT2D eigenvalue weighted by atomic mass is 16.5. The van der Waals surface area contributed by atoms with E-state index in [9.17, 15) is 0 Å². The fourth-order valence-corrected chi connectivity index (χ4v) is 3.93. The maximum atomic E-state index is 5.31. The summed E-state index contributed by atoms with van der Waals surface area (Å²) in [5.74, 6) is 3.48. The molecule has 0 amide bonds. The summed E-state index contributed by atoms with van der Waals surface area (Å²) >= 11 is 0. The third-order valence-corrected chi connectivity index (χ3v) is 5.26. The lowest BCUT2D eigenvalue weighted by atomic mass is 9.67. The van der Waals surface area contributed by atoms with Crippen LogP contribution in [-0.2, 0) is 4.74 Å². The van der Waals surface area contributed by atoms with Crippen molar-refractivity contribution in [1.29, 1.82) is 0 Å². The van der Waals surface area contributed by atoms with E-state index in [2.05, 4.69) is 39.9 Å². The minimum atomic E-state index is 0.237. The molecule has 1 rings (SSSR count). The van der Waals surface area contributed by atoms with Crippen molar-refractivity contribution >= 4 is 0 Å². The number of ether oxygens (including phenoxy) is 1. The smallest absolute Gasteiger partial charge is 0.0464 e. The van der Waals surface area contributed by atoms with Crippen molar-refractivity contribution in [3.8, 4) is 0 Å². The van der Waals surface area contributed by atoms with Crippen LogP contribution in [0.3, 0.4) is 0 Å². The molecule has 4 atom stereocenters. The van der Waals surface area contributed by atoms with E-state index in [1.165, 1.54) is 45.1 Å². The van der Waals surface area contributed by atoms with Crippen molar-refractivity contribution in [1.82, 2.24) is 5.32 Å². The summed E-state index contributed by atoms with van der Waals surface area (Å²) in [6.07, 6.45) is 8.27. The van der Waals surface area contributed by atoms with Crippen LogP contribution in [0, 0.1) is 23.7 Å². The Bertz CT molecular complexity index is 271. The minimum Gasteiger partial charge on any atom is -0.385 e. The number of hydrogen-bond acceptors (Lipinski definition) is 2. The highest BCUT2D eigenvalue weighted by Gasteiger charge is 2.33. The van der Waals surface area contributed by atoms with Gasteiger partial charge in [-0.05, 0) is 70.3 Å². The molecule has 21 heavy (non-hydrogen) atoms. The molecule has 0 heterocycles. The van der Waals surface area contributed by atoms with Crippen LogP contribution in [-0.4, -0.2) is 25.8 Å². The molecule has 1 N–H and O–H groups in total. The zero-order valence-electron chi connectivity index (χ0n) is 15.4. The predicted octanol–water partition coefficient (Wildman–Crippen LogP) is 4.88. The van der Waals surface area contributed by atoms with Gasteiger partial charge in [0.25, 0.3) is 0 Å². The van der Waals surface area contributed by atoms with Crippen LogP contribution in [0.2, 0.25) is 0 Å². The predicted molar refractivity (Wildman–Crippen MR) is 92.6 cm³/mol. The summed E-state index contributed by atoms with van der Waals surface area (Å²) in [5.41, 5.74) is 0.237. The lowest BCUT2D eigenvalue weighted by molar-refractivity contribution is 0.0906. The molecule has 4 unspecified atom stereocenters. The summed E-state index contributed by atoms with van der Waals surface area (Å²) in [6, 6.07) is 0. The average Bonchev–Trinajstić information content (AvgIpc) is 2.42. The molecule has 1 aliphatic carbocycles. The van der Waals surface area contributed by atoms with Crippen molar-refractivity contribution in [3.63, 3.8) is 0 Å². The van der Waals surface area contributed by atoms with Crippen molar-refractivity contribution in [3.05, 3.63) is 0 Å². The van der Waals surface area contributed by atoms with Crippen LogP contribution in [0.4, 0.5) is 0 Å². The molecule has 126 valence electrons. The van der Waals surface area contributed by atoms with Crippen LogP contribution in [0.15, 0.2) is 0 Å². The van der Waals surface area contributed by atoms with Crippen molar-refractivity contribution in [2.24, 2.45) is 23.7 Å². The van der Waals surface area contributed by atoms with Gasteiger partial charge in [-0.3, -0.25) is 0 Å². The topological polar surface area (TPSA) is 21.3 Å². The lowest BCUT2D eigenvalue weighted by Gasteiger charge is -2.41. The SMILES string of the molecule is CCCC1CCC(CNC(C)(C)C)C(C(C)CCOC)C1. The largest absolute Gasteiger partial charge is 0.385 e. The van der Waals surface area contributed by atoms with E-state index in [0.717, 1.165) is 30.3 Å². The molecule has 0 spiro atoms. The summed E-state index contributed by atoms with van der Waals surface area (Å²) < 4.78 is 5.31. The number of methoxy groups -OCH3 is 1. The maximum Gasteiger partial charge on any atom is 0.0464 e. The molecule has 0 aromatic carbocycles. The van der Waals surface area contributed by atoms with E-state index in [1.807, 2.05) is 7.11 Å². The second-order valence-electron chi connectivity index (χ2n) is 8.28. The maximum absolute atomic E-state index is 5.31. The lowest BCUT2D eigenvalue weighted by Crippen LogP contribution is -2.43. The van der Waals surface area contributed by atoms with E-state index >= 15 is 0 Å². The van der Waals surface area contributed by atoms with Gasteiger partial charge in [0.05, 0.1) is 0 Å². The number of nitrogens with one attached hydrogen (secondary N) is 1. The van der Waals surface area contributed by atoms with E-state index in [-0.39, 0.29) is 5.54 Å². The summed E-state index contributed by atoms with van der Waals surface area (Å²) in [4.78, 5) is 0. The van der Waals surface area contributed by atoms with E-state index in [4.69, 9.17) is 4.74 Å². The first-order valence-electron chi connectivity index (χ1n) is 9.11. The molecule has 2 nitrogen and oxygen atoms in total. The highest BCUT2D eigenvalue weighted by Crippen LogP contribution is 2.41. The zero-order chi connectivity index (χ0) is 15.9. The zero-order valence-corrected chi connectivity index (χ0v) is 15.4. The first-order valence-corrected chi connectivity index (χ1v) is 9.11. The minimum absolute atomic E-state index is 0.237. The van der Waals surface area contributed by atoms with Gasteiger partial charge in [0.2, 0.25) is 0 Å². The van der Waals surface area contributed by atoms with Gasteiger partial charge in [0.1, 0.15) is 0 Å². The van der Waals surface area contributed by atoms with Gasteiger partial charge >= 0.3 is 0 Å². The molecular formula is C19H39NO. The van der Waals surface area contributed by atoms with Crippen LogP contribution < -0.4 is 5.32 Å². The second kappa shape index (κ2) is 9.15. The van der Waals surface area contributed by atoms with Crippen LogP contribution in [0.1, 0.15) is 73.1 Å². The fourth-order valence-electron chi connectivity index (χ4n) is 3.93. The first kappa shape index (κ1) is 19.0. The normalized spacial score (nSPS) is 28.6. The molecular weight excluding hydrogens is 258 g/mol. The standard InChI is InChI=1S/C19H39NO/c1-7-8-16-9-10-17(14-20-19(3,4)5)18(13-16)15(2)11-12-21-6/h15-18,20H,7-14H2,1-6H3. The van der Waals surface area contributed by atoms with Crippen molar-refractivity contribution < 1.29 is 4.74 Å². The molecule has 0 aromatic rings. The van der Waals surface area contributed by atoms with Gasteiger partial charge in [0, 0.05) is 19.3 Å². The first-order chi connectivity index (χ1) is 9.87. The number of rotatable bonds is 8. The van der Waals surface area contributed by atoms with Gasteiger partial charge in [-0.15, -0.1) is 0 Å². The monoisotopic (exact) mass is 297 g/mol. The average molecular weight is 298 g/mol. The second-order valence-corrected chi connectivity index (χ2v) is 8.28. The van der Waals surface area contributed by atoms with Gasteiger partial charge < -0.3 is 10.1 Å². The molecule has 0 aliphatic heterocycles. The van der Waals surface area contributed by atoms with E-state index in [1.54, 1.807) is 0 Å². The third kappa shape index (κ3) is 7.15. The Hall–Kier alpha value is -0.0800. The highest BCUT2D eigenvalue weighted by molar-refractivity contribution is 4.86. The molecule has 0 saturated heterocycles. The van der Waals surface area contributed by atoms with Crippen LogP contribution in [0.25, 0.3) is 0 Å². The molecule has 1 fully saturated rings. The quantitative estimate of drug-likeness (QED) is 0.689. The van der Waals surface area contributed by atoms with Gasteiger partial charge in [0.15, 0.2) is 0 Å². The molecule has 0 bridgehead atoms. The Morgan fingerprint density at radius 2 is 1.95 bits per heavy atom.